The van der Waals surface area contributed by atoms with Crippen LogP contribution in [0.1, 0.15) is 31.8 Å². The molecule has 10 heteroatoms. The van der Waals surface area contributed by atoms with E-state index >= 15 is 0 Å². The van der Waals surface area contributed by atoms with Crippen LogP contribution >= 0.6 is 34.4 Å². The SMILES string of the molecule is CCc1nnc(NC(=O)CSc2nnc(-c3csc4ccccc34)n2C(C)C)s1. The molecule has 0 saturated heterocycles. The van der Waals surface area contributed by atoms with Crippen LogP contribution in [0.2, 0.25) is 0 Å². The van der Waals surface area contributed by atoms with Crippen molar-refractivity contribution in [1.29, 1.82) is 0 Å². The lowest BCUT2D eigenvalue weighted by Crippen LogP contribution is -2.15. The van der Waals surface area contributed by atoms with Crippen molar-refractivity contribution in [1.82, 2.24) is 25.0 Å². The molecule has 1 aromatic carbocycles. The minimum atomic E-state index is -0.130. The van der Waals surface area contributed by atoms with Crippen LogP contribution in [0.3, 0.4) is 0 Å². The second-order valence-corrected chi connectivity index (χ2v) is 9.52. The van der Waals surface area contributed by atoms with Crippen molar-refractivity contribution in [2.24, 2.45) is 0 Å². The Morgan fingerprint density at radius 3 is 2.79 bits per heavy atom. The van der Waals surface area contributed by atoms with Gasteiger partial charge in [-0.2, -0.15) is 0 Å². The molecule has 0 aliphatic heterocycles. The van der Waals surface area contributed by atoms with Crippen molar-refractivity contribution in [3.63, 3.8) is 0 Å². The van der Waals surface area contributed by atoms with Crippen LogP contribution < -0.4 is 5.32 Å². The highest BCUT2D eigenvalue weighted by Crippen LogP contribution is 2.35. The Labute approximate surface area is 180 Å². The zero-order valence-electron chi connectivity index (χ0n) is 16.2. The van der Waals surface area contributed by atoms with E-state index in [0.717, 1.165) is 28.0 Å². The van der Waals surface area contributed by atoms with E-state index < -0.39 is 0 Å². The second-order valence-electron chi connectivity index (χ2n) is 6.61. The number of carbonyl (C=O) groups is 1. The van der Waals surface area contributed by atoms with Gasteiger partial charge >= 0.3 is 0 Å². The first-order valence-corrected chi connectivity index (χ1v) is 11.9. The zero-order valence-corrected chi connectivity index (χ0v) is 18.7. The number of benzene rings is 1. The average Bonchev–Trinajstić information content (AvgIpc) is 3.43. The molecule has 0 radical (unpaired) electrons. The van der Waals surface area contributed by atoms with Gasteiger partial charge in [-0.15, -0.1) is 31.7 Å². The number of nitrogens with zero attached hydrogens (tertiary/aromatic N) is 5. The summed E-state index contributed by atoms with van der Waals surface area (Å²) in [4.78, 5) is 12.3. The van der Waals surface area contributed by atoms with Gasteiger partial charge in [0.25, 0.3) is 0 Å². The Morgan fingerprint density at radius 2 is 2.03 bits per heavy atom. The molecule has 1 N–H and O–H groups in total. The summed E-state index contributed by atoms with van der Waals surface area (Å²) >= 11 is 4.47. The molecular weight excluding hydrogens is 424 g/mol. The number of nitrogens with one attached hydrogen (secondary N) is 1. The van der Waals surface area contributed by atoms with Gasteiger partial charge in [0.15, 0.2) is 11.0 Å². The number of carbonyl (C=O) groups excluding carboxylic acids is 1. The maximum Gasteiger partial charge on any atom is 0.236 e. The fourth-order valence-corrected chi connectivity index (χ4v) is 5.41. The molecule has 7 nitrogen and oxygen atoms in total. The smallest absolute Gasteiger partial charge is 0.236 e. The Balaban J connectivity index is 1.53. The first-order chi connectivity index (χ1) is 14.1. The highest BCUT2D eigenvalue weighted by molar-refractivity contribution is 7.99. The lowest BCUT2D eigenvalue weighted by atomic mass is 10.1. The molecule has 0 atom stereocenters. The average molecular weight is 445 g/mol. The molecule has 0 bridgehead atoms. The minimum absolute atomic E-state index is 0.130. The summed E-state index contributed by atoms with van der Waals surface area (Å²) < 4.78 is 3.31. The number of aryl methyl sites for hydroxylation is 1. The summed E-state index contributed by atoms with van der Waals surface area (Å²) in [6.07, 6.45) is 0.805. The number of fused-ring (bicyclic) bond motifs is 1. The van der Waals surface area contributed by atoms with Crippen molar-refractivity contribution in [3.05, 3.63) is 34.7 Å². The maximum absolute atomic E-state index is 12.3. The third kappa shape index (κ3) is 4.19. The van der Waals surface area contributed by atoms with E-state index in [1.165, 1.54) is 33.2 Å². The van der Waals surface area contributed by atoms with Gasteiger partial charge in [0.05, 0.1) is 5.75 Å². The normalized spacial score (nSPS) is 11.4. The molecule has 3 heterocycles. The van der Waals surface area contributed by atoms with Gasteiger partial charge in [-0.3, -0.25) is 14.7 Å². The first kappa shape index (κ1) is 20.0. The Morgan fingerprint density at radius 1 is 1.21 bits per heavy atom. The molecule has 4 rings (SSSR count). The van der Waals surface area contributed by atoms with Crippen LogP contribution in [0.25, 0.3) is 21.5 Å². The minimum Gasteiger partial charge on any atom is -0.300 e. The number of hydrogen-bond acceptors (Lipinski definition) is 8. The van der Waals surface area contributed by atoms with Crippen molar-refractivity contribution < 1.29 is 4.79 Å². The lowest BCUT2D eigenvalue weighted by molar-refractivity contribution is -0.113. The highest BCUT2D eigenvalue weighted by Gasteiger charge is 2.20. The molecule has 0 aliphatic carbocycles. The third-order valence-corrected chi connectivity index (χ3v) is 7.14. The summed E-state index contributed by atoms with van der Waals surface area (Å²) in [5.74, 6) is 0.933. The number of rotatable bonds is 7. The molecule has 0 aliphatic rings. The number of aromatic nitrogens is 5. The van der Waals surface area contributed by atoms with Gasteiger partial charge in [0, 0.05) is 27.1 Å². The number of hydrogen-bond donors (Lipinski definition) is 1. The summed E-state index contributed by atoms with van der Waals surface area (Å²) in [6.45, 7) is 6.20. The molecule has 1 amide bonds. The number of anilines is 1. The van der Waals surface area contributed by atoms with Crippen LogP contribution in [0, 0.1) is 0 Å². The fraction of sp³-hybridized carbons (Fsp3) is 0.316. The van der Waals surface area contributed by atoms with Crippen molar-refractivity contribution >= 4 is 55.6 Å². The third-order valence-electron chi connectivity index (χ3n) is 4.25. The Bertz CT molecular complexity index is 1150. The summed E-state index contributed by atoms with van der Waals surface area (Å²) in [7, 11) is 0. The van der Waals surface area contributed by atoms with E-state index in [-0.39, 0.29) is 17.7 Å². The van der Waals surface area contributed by atoms with E-state index in [2.05, 4.69) is 61.6 Å². The van der Waals surface area contributed by atoms with Crippen LogP contribution in [0.4, 0.5) is 5.13 Å². The number of amides is 1. The van der Waals surface area contributed by atoms with Gasteiger partial charge in [0.1, 0.15) is 5.01 Å². The lowest BCUT2D eigenvalue weighted by Gasteiger charge is -2.13. The summed E-state index contributed by atoms with van der Waals surface area (Å²) in [5.41, 5.74) is 1.07. The number of thiophene rings is 1. The van der Waals surface area contributed by atoms with E-state index in [9.17, 15) is 4.79 Å². The van der Waals surface area contributed by atoms with E-state index in [1.807, 2.05) is 19.1 Å². The van der Waals surface area contributed by atoms with Gasteiger partial charge in [-0.25, -0.2) is 0 Å². The van der Waals surface area contributed by atoms with E-state index in [1.54, 1.807) is 11.3 Å². The molecule has 3 aromatic heterocycles. The van der Waals surface area contributed by atoms with Crippen LogP contribution in [0.15, 0.2) is 34.8 Å². The molecule has 150 valence electrons. The van der Waals surface area contributed by atoms with Crippen molar-refractivity contribution in [2.75, 3.05) is 11.1 Å². The Kier molecular flexibility index (Phi) is 5.93. The first-order valence-electron chi connectivity index (χ1n) is 9.23. The van der Waals surface area contributed by atoms with Gasteiger partial charge in [0.2, 0.25) is 11.0 Å². The standard InChI is InChI=1S/C19H20N6OS3/c1-4-16-21-23-18(29-16)20-15(26)10-28-19-24-22-17(25(19)11(2)3)13-9-27-14-8-6-5-7-12(13)14/h5-9,11H,4,10H2,1-3H3,(H,20,23,26). The van der Waals surface area contributed by atoms with E-state index in [4.69, 9.17) is 0 Å². The largest absolute Gasteiger partial charge is 0.300 e. The maximum atomic E-state index is 12.3. The van der Waals surface area contributed by atoms with Crippen molar-refractivity contribution in [2.45, 2.75) is 38.4 Å². The van der Waals surface area contributed by atoms with Gasteiger partial charge in [-0.1, -0.05) is 48.2 Å². The number of thioether (sulfide) groups is 1. The van der Waals surface area contributed by atoms with Crippen LogP contribution in [-0.2, 0) is 11.2 Å². The molecule has 0 unspecified atom stereocenters. The van der Waals surface area contributed by atoms with E-state index in [0.29, 0.717) is 5.13 Å². The molecular formula is C19H20N6OS3. The van der Waals surface area contributed by atoms with Crippen LogP contribution in [0.5, 0.6) is 0 Å². The highest BCUT2D eigenvalue weighted by atomic mass is 32.2. The van der Waals surface area contributed by atoms with Crippen molar-refractivity contribution in [3.8, 4) is 11.4 Å². The quantitative estimate of drug-likeness (QED) is 0.409. The fourth-order valence-electron chi connectivity index (χ4n) is 2.91. The molecule has 0 saturated carbocycles. The van der Waals surface area contributed by atoms with Gasteiger partial charge in [-0.05, 0) is 26.3 Å². The van der Waals surface area contributed by atoms with Gasteiger partial charge < -0.3 is 0 Å². The topological polar surface area (TPSA) is 85.6 Å². The van der Waals surface area contributed by atoms with Crippen LogP contribution in [-0.4, -0.2) is 36.6 Å². The molecule has 4 aromatic rings. The zero-order chi connectivity index (χ0) is 20.4. The Hall–Kier alpha value is -2.30. The predicted octanol–water partition coefficient (Wildman–Crippen LogP) is 4.89. The second kappa shape index (κ2) is 8.60. The monoisotopic (exact) mass is 444 g/mol. The summed E-state index contributed by atoms with van der Waals surface area (Å²) in [6, 6.07) is 8.45. The molecule has 0 spiro atoms. The molecule has 0 fully saturated rings. The molecule has 29 heavy (non-hydrogen) atoms. The summed E-state index contributed by atoms with van der Waals surface area (Å²) in [5, 5.41) is 25.1. The predicted molar refractivity (Wildman–Crippen MR) is 120 cm³/mol.